The van der Waals surface area contributed by atoms with Gasteiger partial charge in [0.25, 0.3) is 0 Å². The van der Waals surface area contributed by atoms with Crippen LogP contribution >= 0.6 is 11.6 Å². The molecule has 0 spiro atoms. The number of nitrogens with two attached hydrogens (primary N) is 1. The van der Waals surface area contributed by atoms with Gasteiger partial charge in [-0.15, -0.1) is 0 Å². The van der Waals surface area contributed by atoms with Crippen LogP contribution in [0.25, 0.3) is 11.1 Å². The summed E-state index contributed by atoms with van der Waals surface area (Å²) in [6.45, 7) is 3.77. The van der Waals surface area contributed by atoms with E-state index >= 15 is 0 Å². The first-order valence-corrected chi connectivity index (χ1v) is 5.57. The number of aromatic hydroxyl groups is 1. The molecule has 4 nitrogen and oxygen atoms in total. The molecular formula is C12H14ClN3O. The number of phenolic OH excluding ortho intramolecular Hbond substituents is 1. The van der Waals surface area contributed by atoms with E-state index < -0.39 is 0 Å². The molecule has 3 N–H and O–H groups in total. The third-order valence-corrected chi connectivity index (χ3v) is 3.41. The lowest BCUT2D eigenvalue weighted by molar-refractivity contribution is 0.475. The molecule has 0 saturated heterocycles. The number of aromatic nitrogens is 2. The molecule has 0 radical (unpaired) electrons. The Morgan fingerprint density at radius 3 is 2.59 bits per heavy atom. The fraction of sp³-hybridized carbons (Fsp3) is 0.250. The largest absolute Gasteiger partial charge is 0.506 e. The summed E-state index contributed by atoms with van der Waals surface area (Å²) >= 11 is 6.05. The van der Waals surface area contributed by atoms with E-state index in [4.69, 9.17) is 17.3 Å². The predicted molar refractivity (Wildman–Crippen MR) is 69.2 cm³/mol. The number of anilines is 1. The Bertz CT molecular complexity index is 590. The van der Waals surface area contributed by atoms with E-state index in [1.165, 1.54) is 0 Å². The van der Waals surface area contributed by atoms with Crippen LogP contribution in [0.4, 0.5) is 5.82 Å². The summed E-state index contributed by atoms with van der Waals surface area (Å²) in [5.74, 6) is 0.672. The van der Waals surface area contributed by atoms with Crippen molar-refractivity contribution in [2.24, 2.45) is 7.05 Å². The zero-order valence-electron chi connectivity index (χ0n) is 9.95. The van der Waals surface area contributed by atoms with E-state index in [2.05, 4.69) is 5.10 Å². The van der Waals surface area contributed by atoms with Crippen LogP contribution in [0.1, 0.15) is 11.1 Å². The molecule has 0 bridgehead atoms. The van der Waals surface area contributed by atoms with Gasteiger partial charge in [0, 0.05) is 12.6 Å². The average Bonchev–Trinajstić information content (AvgIpc) is 2.58. The van der Waals surface area contributed by atoms with Crippen LogP contribution in [0.2, 0.25) is 5.02 Å². The molecule has 1 aromatic heterocycles. The smallest absolute Gasteiger partial charge is 0.134 e. The normalized spacial score (nSPS) is 10.8. The molecule has 0 amide bonds. The van der Waals surface area contributed by atoms with Gasteiger partial charge in [-0.05, 0) is 36.6 Å². The van der Waals surface area contributed by atoms with E-state index in [0.717, 1.165) is 22.3 Å². The lowest BCUT2D eigenvalue weighted by Crippen LogP contribution is -1.99. The first-order chi connectivity index (χ1) is 7.93. The molecule has 0 fully saturated rings. The SMILES string of the molecule is Cc1cc(O)c(Cl)c(C)c1-c1cnn(C)c1N. The summed E-state index contributed by atoms with van der Waals surface area (Å²) in [5.41, 5.74) is 9.45. The Morgan fingerprint density at radius 2 is 2.06 bits per heavy atom. The van der Waals surface area contributed by atoms with Crippen LogP contribution in [0.3, 0.4) is 0 Å². The van der Waals surface area contributed by atoms with Crippen LogP contribution in [-0.4, -0.2) is 14.9 Å². The number of hydrogen-bond acceptors (Lipinski definition) is 3. The second-order valence-corrected chi connectivity index (χ2v) is 4.47. The maximum absolute atomic E-state index is 9.64. The molecule has 17 heavy (non-hydrogen) atoms. The lowest BCUT2D eigenvalue weighted by atomic mass is 9.97. The fourth-order valence-corrected chi connectivity index (χ4v) is 2.14. The number of phenols is 1. The molecule has 0 aliphatic rings. The molecule has 0 aliphatic heterocycles. The maximum Gasteiger partial charge on any atom is 0.134 e. The van der Waals surface area contributed by atoms with Crippen molar-refractivity contribution in [1.29, 1.82) is 0 Å². The van der Waals surface area contributed by atoms with Gasteiger partial charge in [-0.25, -0.2) is 0 Å². The molecule has 0 unspecified atom stereocenters. The Balaban J connectivity index is 2.76. The number of hydrogen-bond donors (Lipinski definition) is 2. The van der Waals surface area contributed by atoms with Gasteiger partial charge < -0.3 is 10.8 Å². The molecule has 1 heterocycles. The van der Waals surface area contributed by atoms with E-state index in [1.54, 1.807) is 24.0 Å². The number of halogens is 1. The quantitative estimate of drug-likeness (QED) is 0.819. The number of rotatable bonds is 1. The van der Waals surface area contributed by atoms with Crippen molar-refractivity contribution < 1.29 is 5.11 Å². The third kappa shape index (κ3) is 1.74. The summed E-state index contributed by atoms with van der Waals surface area (Å²) in [4.78, 5) is 0. The van der Waals surface area contributed by atoms with Crippen LogP contribution < -0.4 is 5.73 Å². The van der Waals surface area contributed by atoms with E-state index in [1.807, 2.05) is 13.8 Å². The minimum Gasteiger partial charge on any atom is -0.506 e. The second-order valence-electron chi connectivity index (χ2n) is 4.09. The molecule has 2 rings (SSSR count). The molecule has 0 aliphatic carbocycles. The Morgan fingerprint density at radius 1 is 1.41 bits per heavy atom. The Hall–Kier alpha value is -1.68. The Kier molecular flexibility index (Phi) is 2.75. The monoisotopic (exact) mass is 251 g/mol. The highest BCUT2D eigenvalue weighted by Gasteiger charge is 2.16. The van der Waals surface area contributed by atoms with Crippen LogP contribution in [0, 0.1) is 13.8 Å². The Labute approximate surface area is 105 Å². The van der Waals surface area contributed by atoms with Crippen molar-refractivity contribution in [2.45, 2.75) is 13.8 Å². The second kappa shape index (κ2) is 3.96. The first kappa shape index (κ1) is 11.8. The topological polar surface area (TPSA) is 64.1 Å². The van der Waals surface area contributed by atoms with Gasteiger partial charge in [0.1, 0.15) is 11.6 Å². The van der Waals surface area contributed by atoms with Crippen LogP contribution in [-0.2, 0) is 7.05 Å². The molecular weight excluding hydrogens is 238 g/mol. The number of nitrogen functional groups attached to an aromatic ring is 1. The highest BCUT2D eigenvalue weighted by atomic mass is 35.5. The fourth-order valence-electron chi connectivity index (χ4n) is 1.99. The number of nitrogens with zero attached hydrogens (tertiary/aromatic N) is 2. The highest BCUT2D eigenvalue weighted by molar-refractivity contribution is 6.33. The standard InChI is InChI=1S/C12H14ClN3O/c1-6-4-9(17)11(13)7(2)10(6)8-5-15-16(3)12(8)14/h4-5,17H,14H2,1-3H3. The zero-order chi connectivity index (χ0) is 12.7. The molecule has 0 saturated carbocycles. The number of benzene rings is 1. The summed E-state index contributed by atoms with van der Waals surface area (Å²) in [6, 6.07) is 1.64. The third-order valence-electron chi connectivity index (χ3n) is 2.93. The van der Waals surface area contributed by atoms with Gasteiger partial charge in [-0.2, -0.15) is 5.10 Å². The average molecular weight is 252 g/mol. The minimum absolute atomic E-state index is 0.0906. The summed E-state index contributed by atoms with van der Waals surface area (Å²) in [6.07, 6.45) is 1.71. The lowest BCUT2D eigenvalue weighted by Gasteiger charge is -2.12. The van der Waals surface area contributed by atoms with E-state index in [-0.39, 0.29) is 5.75 Å². The molecule has 2 aromatic rings. The van der Waals surface area contributed by atoms with Crippen molar-refractivity contribution in [3.05, 3.63) is 28.4 Å². The van der Waals surface area contributed by atoms with Crippen LogP contribution in [0.5, 0.6) is 5.75 Å². The number of aryl methyl sites for hydroxylation is 2. The van der Waals surface area contributed by atoms with Crippen LogP contribution in [0.15, 0.2) is 12.3 Å². The van der Waals surface area contributed by atoms with Crippen molar-refractivity contribution in [2.75, 3.05) is 5.73 Å². The molecule has 0 atom stereocenters. The van der Waals surface area contributed by atoms with E-state index in [0.29, 0.717) is 10.8 Å². The van der Waals surface area contributed by atoms with Gasteiger partial charge in [0.2, 0.25) is 0 Å². The molecule has 90 valence electrons. The maximum atomic E-state index is 9.64. The molecule has 1 aromatic carbocycles. The summed E-state index contributed by atoms with van der Waals surface area (Å²) < 4.78 is 1.61. The predicted octanol–water partition coefficient (Wildman–Crippen LogP) is 2.65. The summed E-state index contributed by atoms with van der Waals surface area (Å²) in [7, 11) is 1.78. The highest BCUT2D eigenvalue weighted by Crippen LogP contribution is 2.39. The molecule has 5 heteroatoms. The van der Waals surface area contributed by atoms with Gasteiger partial charge in [0.05, 0.1) is 11.2 Å². The van der Waals surface area contributed by atoms with E-state index in [9.17, 15) is 5.11 Å². The van der Waals surface area contributed by atoms with Gasteiger partial charge in [-0.1, -0.05) is 11.6 Å². The van der Waals surface area contributed by atoms with Crippen molar-refractivity contribution in [1.82, 2.24) is 9.78 Å². The summed E-state index contributed by atoms with van der Waals surface area (Å²) in [5, 5.41) is 14.1. The zero-order valence-corrected chi connectivity index (χ0v) is 10.7. The minimum atomic E-state index is 0.0906. The van der Waals surface area contributed by atoms with Crippen molar-refractivity contribution >= 4 is 17.4 Å². The van der Waals surface area contributed by atoms with Gasteiger partial charge in [0.15, 0.2) is 0 Å². The van der Waals surface area contributed by atoms with Gasteiger partial charge in [-0.3, -0.25) is 4.68 Å². The van der Waals surface area contributed by atoms with Gasteiger partial charge >= 0.3 is 0 Å². The first-order valence-electron chi connectivity index (χ1n) is 5.20. The van der Waals surface area contributed by atoms with Crippen molar-refractivity contribution in [3.63, 3.8) is 0 Å². The van der Waals surface area contributed by atoms with Crippen molar-refractivity contribution in [3.8, 4) is 16.9 Å².